The summed E-state index contributed by atoms with van der Waals surface area (Å²) >= 11 is 2.80. The van der Waals surface area contributed by atoms with Gasteiger partial charge in [0.2, 0.25) is 5.91 Å². The monoisotopic (exact) mass is 258 g/mol. The first-order chi connectivity index (χ1) is 7.86. The van der Waals surface area contributed by atoms with Gasteiger partial charge in [-0.3, -0.25) is 4.79 Å². The van der Waals surface area contributed by atoms with Crippen molar-refractivity contribution in [1.29, 1.82) is 0 Å². The lowest BCUT2D eigenvalue weighted by atomic mass is 10.4. The molecule has 0 aliphatic carbocycles. The molecule has 1 saturated heterocycles. The van der Waals surface area contributed by atoms with Crippen molar-refractivity contribution in [2.45, 2.75) is 10.8 Å². The number of hydrogen-bond acceptors (Lipinski definition) is 6. The van der Waals surface area contributed by atoms with Crippen LogP contribution in [0.2, 0.25) is 0 Å². The van der Waals surface area contributed by atoms with Crippen LogP contribution in [-0.4, -0.2) is 52.1 Å². The summed E-state index contributed by atoms with van der Waals surface area (Å²) in [5.74, 6) is 0.666. The van der Waals surface area contributed by atoms with Gasteiger partial charge in [-0.25, -0.2) is 4.98 Å². The Morgan fingerprint density at radius 1 is 1.56 bits per heavy atom. The highest BCUT2D eigenvalue weighted by molar-refractivity contribution is 8.01. The van der Waals surface area contributed by atoms with Crippen LogP contribution < -0.4 is 5.32 Å². The fourth-order valence-electron chi connectivity index (χ4n) is 1.54. The van der Waals surface area contributed by atoms with Crippen LogP contribution in [0.25, 0.3) is 0 Å². The minimum atomic E-state index is 0.198. The molecule has 1 aromatic rings. The molecule has 0 bridgehead atoms. The SMILES string of the molecule is O=C(CSc1ncns1)N1CCCNCC1. The predicted octanol–water partition coefficient (Wildman–Crippen LogP) is 0.452. The second kappa shape index (κ2) is 6.17. The fraction of sp³-hybridized carbons (Fsp3) is 0.667. The molecule has 0 aromatic carbocycles. The molecule has 1 aliphatic rings. The summed E-state index contributed by atoms with van der Waals surface area (Å²) in [7, 11) is 0. The van der Waals surface area contributed by atoms with E-state index in [1.54, 1.807) is 0 Å². The van der Waals surface area contributed by atoms with Gasteiger partial charge in [-0.05, 0) is 24.5 Å². The van der Waals surface area contributed by atoms with Crippen molar-refractivity contribution < 1.29 is 4.79 Å². The Morgan fingerprint density at radius 3 is 3.31 bits per heavy atom. The maximum atomic E-state index is 11.9. The lowest BCUT2D eigenvalue weighted by Crippen LogP contribution is -2.35. The molecule has 5 nitrogen and oxygen atoms in total. The molecule has 1 fully saturated rings. The fourth-order valence-corrected chi connectivity index (χ4v) is 2.88. The van der Waals surface area contributed by atoms with Crippen LogP contribution in [0.1, 0.15) is 6.42 Å². The highest BCUT2D eigenvalue weighted by Gasteiger charge is 2.15. The Balaban J connectivity index is 1.78. The largest absolute Gasteiger partial charge is 0.341 e. The number of nitrogens with one attached hydrogen (secondary N) is 1. The van der Waals surface area contributed by atoms with E-state index in [4.69, 9.17) is 0 Å². The molecule has 2 heterocycles. The lowest BCUT2D eigenvalue weighted by molar-refractivity contribution is -0.128. The van der Waals surface area contributed by atoms with E-state index in [0.29, 0.717) is 5.75 Å². The van der Waals surface area contributed by atoms with Gasteiger partial charge >= 0.3 is 0 Å². The third-order valence-corrected chi connectivity index (χ3v) is 4.14. The molecule has 2 rings (SSSR count). The van der Waals surface area contributed by atoms with Gasteiger partial charge in [0.1, 0.15) is 6.33 Å². The summed E-state index contributed by atoms with van der Waals surface area (Å²) in [5.41, 5.74) is 0. The Bertz CT molecular complexity index is 322. The van der Waals surface area contributed by atoms with Crippen molar-refractivity contribution in [1.82, 2.24) is 19.6 Å². The molecule has 88 valence electrons. The molecule has 0 radical (unpaired) electrons. The standard InChI is InChI=1S/C9H14N4OS2/c14-8(6-15-9-11-7-12-16-9)13-4-1-2-10-3-5-13/h7,10H,1-6H2. The molecular formula is C9H14N4OS2. The number of carbonyl (C=O) groups is 1. The van der Waals surface area contributed by atoms with Crippen LogP contribution in [0.5, 0.6) is 0 Å². The third kappa shape index (κ3) is 3.43. The first kappa shape index (κ1) is 11.8. The van der Waals surface area contributed by atoms with Crippen molar-refractivity contribution in [2.24, 2.45) is 0 Å². The zero-order chi connectivity index (χ0) is 11.2. The van der Waals surface area contributed by atoms with Crippen LogP contribution >= 0.6 is 23.3 Å². The number of rotatable bonds is 3. The molecule has 0 spiro atoms. The second-order valence-corrected chi connectivity index (χ2v) is 5.48. The zero-order valence-electron chi connectivity index (χ0n) is 8.89. The normalized spacial score (nSPS) is 17.1. The molecule has 0 atom stereocenters. The Morgan fingerprint density at radius 2 is 2.50 bits per heavy atom. The third-order valence-electron chi connectivity index (χ3n) is 2.35. The van der Waals surface area contributed by atoms with Gasteiger partial charge in [0.15, 0.2) is 4.34 Å². The van der Waals surface area contributed by atoms with Gasteiger partial charge < -0.3 is 10.2 Å². The zero-order valence-corrected chi connectivity index (χ0v) is 10.5. The molecular weight excluding hydrogens is 244 g/mol. The molecule has 0 saturated carbocycles. The van der Waals surface area contributed by atoms with Gasteiger partial charge in [0.05, 0.1) is 5.75 Å². The summed E-state index contributed by atoms with van der Waals surface area (Å²) < 4.78 is 4.76. The van der Waals surface area contributed by atoms with E-state index in [9.17, 15) is 4.79 Å². The molecule has 1 aliphatic heterocycles. The van der Waals surface area contributed by atoms with E-state index < -0.39 is 0 Å². The number of thioether (sulfide) groups is 1. The van der Waals surface area contributed by atoms with Crippen LogP contribution in [0.15, 0.2) is 10.7 Å². The topological polar surface area (TPSA) is 58.1 Å². The number of aromatic nitrogens is 2. The van der Waals surface area contributed by atoms with Crippen molar-refractivity contribution in [2.75, 3.05) is 31.9 Å². The maximum Gasteiger partial charge on any atom is 0.233 e. The number of amides is 1. The molecule has 16 heavy (non-hydrogen) atoms. The van der Waals surface area contributed by atoms with E-state index in [1.807, 2.05) is 4.90 Å². The molecule has 1 amide bonds. The number of nitrogens with zero attached hydrogens (tertiary/aromatic N) is 3. The van der Waals surface area contributed by atoms with Gasteiger partial charge in [-0.15, -0.1) is 0 Å². The first-order valence-corrected chi connectivity index (χ1v) is 7.00. The van der Waals surface area contributed by atoms with Gasteiger partial charge in [0, 0.05) is 19.6 Å². The predicted molar refractivity (Wildman–Crippen MR) is 64.7 cm³/mol. The van der Waals surface area contributed by atoms with Crippen LogP contribution in [0, 0.1) is 0 Å². The number of carbonyl (C=O) groups excluding carboxylic acids is 1. The average Bonchev–Trinajstić information content (AvgIpc) is 2.66. The van der Waals surface area contributed by atoms with Crippen molar-refractivity contribution in [3.63, 3.8) is 0 Å². The summed E-state index contributed by atoms with van der Waals surface area (Å²) in [6.45, 7) is 3.58. The second-order valence-electron chi connectivity index (χ2n) is 3.48. The maximum absolute atomic E-state index is 11.9. The Labute approximate surface area is 103 Å². The minimum Gasteiger partial charge on any atom is -0.341 e. The van der Waals surface area contributed by atoms with Gasteiger partial charge in [0.25, 0.3) is 0 Å². The van der Waals surface area contributed by atoms with Gasteiger partial charge in [-0.2, -0.15) is 4.37 Å². The van der Waals surface area contributed by atoms with E-state index in [2.05, 4.69) is 14.7 Å². The first-order valence-electron chi connectivity index (χ1n) is 5.24. The summed E-state index contributed by atoms with van der Waals surface area (Å²) in [6, 6.07) is 0. The number of hydrogen-bond donors (Lipinski definition) is 1. The minimum absolute atomic E-state index is 0.198. The quantitative estimate of drug-likeness (QED) is 0.798. The molecule has 1 N–H and O–H groups in total. The highest BCUT2D eigenvalue weighted by atomic mass is 32.2. The molecule has 1 aromatic heterocycles. The van der Waals surface area contributed by atoms with E-state index >= 15 is 0 Å². The van der Waals surface area contributed by atoms with E-state index in [0.717, 1.165) is 36.9 Å². The lowest BCUT2D eigenvalue weighted by Gasteiger charge is -2.19. The summed E-state index contributed by atoms with van der Waals surface area (Å²) in [6.07, 6.45) is 2.56. The van der Waals surface area contributed by atoms with Crippen LogP contribution in [-0.2, 0) is 4.79 Å². The van der Waals surface area contributed by atoms with Crippen molar-refractivity contribution in [3.8, 4) is 0 Å². The molecule has 0 unspecified atom stereocenters. The average molecular weight is 258 g/mol. The summed E-state index contributed by atoms with van der Waals surface area (Å²) in [5, 5.41) is 3.28. The van der Waals surface area contributed by atoms with Gasteiger partial charge in [-0.1, -0.05) is 11.8 Å². The van der Waals surface area contributed by atoms with Crippen molar-refractivity contribution in [3.05, 3.63) is 6.33 Å². The van der Waals surface area contributed by atoms with Crippen LogP contribution in [0.3, 0.4) is 0 Å². The summed E-state index contributed by atoms with van der Waals surface area (Å²) in [4.78, 5) is 17.8. The molecule has 7 heteroatoms. The van der Waals surface area contributed by atoms with E-state index in [1.165, 1.54) is 29.6 Å². The smallest absolute Gasteiger partial charge is 0.233 e. The van der Waals surface area contributed by atoms with Crippen molar-refractivity contribution >= 4 is 29.2 Å². The Kier molecular flexibility index (Phi) is 4.55. The highest BCUT2D eigenvalue weighted by Crippen LogP contribution is 2.18. The van der Waals surface area contributed by atoms with Crippen LogP contribution in [0.4, 0.5) is 0 Å². The van der Waals surface area contributed by atoms with E-state index in [-0.39, 0.29) is 5.91 Å². The Hall–Kier alpha value is -0.660.